The Hall–Kier alpha value is -1.66. The highest BCUT2D eigenvalue weighted by Crippen LogP contribution is 2.35. The number of alkyl halides is 3. The Morgan fingerprint density at radius 1 is 1.13 bits per heavy atom. The van der Waals surface area contributed by atoms with Crippen LogP contribution in [-0.2, 0) is 11.0 Å². The molecule has 0 aliphatic heterocycles. The zero-order valence-corrected chi connectivity index (χ0v) is 13.6. The molecule has 0 radical (unpaired) electrons. The van der Waals surface area contributed by atoms with Crippen molar-refractivity contribution < 1.29 is 18.0 Å². The van der Waals surface area contributed by atoms with Gasteiger partial charge >= 0.3 is 6.18 Å². The largest absolute Gasteiger partial charge is 0.418 e. The second-order valence-corrected chi connectivity index (χ2v) is 6.60. The predicted molar refractivity (Wildman–Crippen MR) is 86.8 cm³/mol. The van der Waals surface area contributed by atoms with Crippen LogP contribution in [-0.4, -0.2) is 11.2 Å². The molecule has 2 aromatic rings. The molecular weight excluding hydrogens is 347 g/mol. The third-order valence-corrected chi connectivity index (χ3v) is 4.35. The van der Waals surface area contributed by atoms with Crippen molar-refractivity contribution in [2.45, 2.75) is 23.2 Å². The highest BCUT2D eigenvalue weighted by atomic mass is 35.5. The lowest BCUT2D eigenvalue weighted by molar-refractivity contribution is -0.137. The summed E-state index contributed by atoms with van der Waals surface area (Å²) < 4.78 is 38.7. The average Bonchev–Trinajstić information content (AvgIpc) is 2.49. The monoisotopic (exact) mass is 359 g/mol. The molecule has 7 heteroatoms. The molecular formula is C16H13ClF3NOS. The van der Waals surface area contributed by atoms with Gasteiger partial charge in [-0.1, -0.05) is 23.7 Å². The molecule has 2 rings (SSSR count). The van der Waals surface area contributed by atoms with E-state index in [9.17, 15) is 18.0 Å². The lowest BCUT2D eigenvalue weighted by Crippen LogP contribution is -2.24. The predicted octanol–water partition coefficient (Wildman–Crippen LogP) is 5.48. The number of benzene rings is 2. The lowest BCUT2D eigenvalue weighted by atomic mass is 10.1. The van der Waals surface area contributed by atoms with E-state index in [2.05, 4.69) is 5.32 Å². The summed E-state index contributed by atoms with van der Waals surface area (Å²) in [6, 6.07) is 11.8. The molecule has 0 aliphatic rings. The molecule has 1 atom stereocenters. The van der Waals surface area contributed by atoms with Crippen molar-refractivity contribution in [2.24, 2.45) is 0 Å². The van der Waals surface area contributed by atoms with Gasteiger partial charge in [-0.25, -0.2) is 0 Å². The first-order valence-corrected chi connectivity index (χ1v) is 7.92. The second kappa shape index (κ2) is 7.27. The summed E-state index contributed by atoms with van der Waals surface area (Å²) in [6.45, 7) is 1.63. The number of hydrogen-bond donors (Lipinski definition) is 1. The zero-order chi connectivity index (χ0) is 17.0. The number of nitrogens with one attached hydrogen (secondary N) is 1. The second-order valence-electron chi connectivity index (χ2n) is 4.75. The number of rotatable bonds is 4. The molecule has 0 bridgehead atoms. The Kier molecular flexibility index (Phi) is 5.59. The van der Waals surface area contributed by atoms with Crippen LogP contribution in [0.15, 0.2) is 53.4 Å². The van der Waals surface area contributed by atoms with Gasteiger partial charge in [-0.05, 0) is 43.3 Å². The van der Waals surface area contributed by atoms with Gasteiger partial charge in [-0.15, -0.1) is 11.8 Å². The number of para-hydroxylation sites is 1. The van der Waals surface area contributed by atoms with E-state index >= 15 is 0 Å². The molecule has 2 aromatic carbocycles. The molecule has 23 heavy (non-hydrogen) atoms. The van der Waals surface area contributed by atoms with Crippen molar-refractivity contribution in [2.75, 3.05) is 5.32 Å². The van der Waals surface area contributed by atoms with Crippen LogP contribution in [0.1, 0.15) is 12.5 Å². The Bertz CT molecular complexity index is 688. The summed E-state index contributed by atoms with van der Waals surface area (Å²) >= 11 is 7.02. The van der Waals surface area contributed by atoms with Gasteiger partial charge in [0.05, 0.1) is 16.5 Å². The van der Waals surface area contributed by atoms with Gasteiger partial charge < -0.3 is 5.32 Å². The number of anilines is 1. The standard InChI is InChI=1S/C16H13ClF3NOS/c1-10(23-12-8-6-11(17)7-9-12)15(22)21-14-5-3-2-4-13(14)16(18,19)20/h2-10H,1H3,(H,21,22)/t10-/m1/s1. The van der Waals surface area contributed by atoms with Crippen LogP contribution in [0.2, 0.25) is 5.02 Å². The molecule has 0 aliphatic carbocycles. The van der Waals surface area contributed by atoms with E-state index in [-0.39, 0.29) is 5.69 Å². The summed E-state index contributed by atoms with van der Waals surface area (Å²) in [4.78, 5) is 12.9. The third kappa shape index (κ3) is 4.91. The third-order valence-electron chi connectivity index (χ3n) is 2.99. The van der Waals surface area contributed by atoms with Crippen molar-refractivity contribution in [3.05, 3.63) is 59.1 Å². The SMILES string of the molecule is C[C@@H](Sc1ccc(Cl)cc1)C(=O)Nc1ccccc1C(F)(F)F. The Balaban J connectivity index is 2.08. The van der Waals surface area contributed by atoms with Gasteiger partial charge in [0.15, 0.2) is 0 Å². The van der Waals surface area contributed by atoms with E-state index in [4.69, 9.17) is 11.6 Å². The molecule has 1 amide bonds. The Morgan fingerprint density at radius 2 is 1.74 bits per heavy atom. The number of thioether (sulfide) groups is 1. The van der Waals surface area contributed by atoms with E-state index in [1.54, 1.807) is 31.2 Å². The number of halogens is 4. The maximum absolute atomic E-state index is 12.9. The number of amides is 1. The zero-order valence-electron chi connectivity index (χ0n) is 12.0. The van der Waals surface area contributed by atoms with Crippen molar-refractivity contribution in [3.63, 3.8) is 0 Å². The van der Waals surface area contributed by atoms with Gasteiger partial charge in [-0.2, -0.15) is 13.2 Å². The summed E-state index contributed by atoms with van der Waals surface area (Å²) in [5, 5.41) is 2.36. The van der Waals surface area contributed by atoms with E-state index < -0.39 is 22.9 Å². The van der Waals surface area contributed by atoms with E-state index in [0.717, 1.165) is 11.0 Å². The smallest absolute Gasteiger partial charge is 0.325 e. The minimum atomic E-state index is -4.52. The molecule has 0 saturated heterocycles. The van der Waals surface area contributed by atoms with E-state index in [1.165, 1.54) is 30.0 Å². The van der Waals surface area contributed by atoms with Crippen LogP contribution in [0, 0.1) is 0 Å². The summed E-state index contributed by atoms with van der Waals surface area (Å²) in [5.41, 5.74) is -1.11. The molecule has 2 nitrogen and oxygen atoms in total. The fourth-order valence-electron chi connectivity index (χ4n) is 1.84. The number of carbonyl (C=O) groups is 1. The normalized spacial score (nSPS) is 12.7. The Labute approximate surface area is 141 Å². The van der Waals surface area contributed by atoms with Crippen molar-refractivity contribution in [3.8, 4) is 0 Å². The highest BCUT2D eigenvalue weighted by molar-refractivity contribution is 8.00. The first-order chi connectivity index (χ1) is 10.8. The molecule has 0 fully saturated rings. The molecule has 0 saturated carbocycles. The van der Waals surface area contributed by atoms with Gasteiger partial charge in [0, 0.05) is 9.92 Å². The van der Waals surface area contributed by atoms with Crippen LogP contribution in [0.3, 0.4) is 0 Å². The van der Waals surface area contributed by atoms with Crippen LogP contribution >= 0.6 is 23.4 Å². The topological polar surface area (TPSA) is 29.1 Å². The number of hydrogen-bond acceptors (Lipinski definition) is 2. The van der Waals surface area contributed by atoms with Crippen molar-refractivity contribution >= 4 is 35.0 Å². The molecule has 0 unspecified atom stereocenters. The highest BCUT2D eigenvalue weighted by Gasteiger charge is 2.33. The minimum Gasteiger partial charge on any atom is -0.325 e. The van der Waals surface area contributed by atoms with Crippen molar-refractivity contribution in [1.29, 1.82) is 0 Å². The lowest BCUT2D eigenvalue weighted by Gasteiger charge is -2.16. The fourth-order valence-corrected chi connectivity index (χ4v) is 2.84. The Morgan fingerprint density at radius 3 is 2.35 bits per heavy atom. The first-order valence-electron chi connectivity index (χ1n) is 6.66. The van der Waals surface area contributed by atoms with Gasteiger partial charge in [0.2, 0.25) is 5.91 Å². The van der Waals surface area contributed by atoms with Crippen LogP contribution in [0.4, 0.5) is 18.9 Å². The summed E-state index contributed by atoms with van der Waals surface area (Å²) in [5.74, 6) is -0.498. The molecule has 122 valence electrons. The molecule has 0 aromatic heterocycles. The summed E-state index contributed by atoms with van der Waals surface area (Å²) in [7, 11) is 0. The van der Waals surface area contributed by atoms with Crippen molar-refractivity contribution in [1.82, 2.24) is 0 Å². The quantitative estimate of drug-likeness (QED) is 0.732. The summed E-state index contributed by atoms with van der Waals surface area (Å²) in [6.07, 6.45) is -4.52. The molecule has 0 heterocycles. The average molecular weight is 360 g/mol. The van der Waals surface area contributed by atoms with Gasteiger partial charge in [0.1, 0.15) is 0 Å². The van der Waals surface area contributed by atoms with Gasteiger partial charge in [0.25, 0.3) is 0 Å². The molecule has 1 N–H and O–H groups in total. The number of carbonyl (C=O) groups excluding carboxylic acids is 1. The fraction of sp³-hybridized carbons (Fsp3) is 0.188. The van der Waals surface area contributed by atoms with Gasteiger partial charge in [-0.3, -0.25) is 4.79 Å². The maximum atomic E-state index is 12.9. The maximum Gasteiger partial charge on any atom is 0.418 e. The first kappa shape index (κ1) is 17.7. The van der Waals surface area contributed by atoms with E-state index in [1.807, 2.05) is 0 Å². The van der Waals surface area contributed by atoms with Crippen LogP contribution in [0.25, 0.3) is 0 Å². The van der Waals surface area contributed by atoms with E-state index in [0.29, 0.717) is 5.02 Å². The minimum absolute atomic E-state index is 0.242. The van der Waals surface area contributed by atoms with Crippen LogP contribution < -0.4 is 5.32 Å². The molecule has 0 spiro atoms. The van der Waals surface area contributed by atoms with Crippen LogP contribution in [0.5, 0.6) is 0 Å².